The lowest BCUT2D eigenvalue weighted by atomic mass is 10.1. The largest absolute Gasteiger partial charge is 0.508 e. The number of imidazole rings is 1. The third-order valence-corrected chi connectivity index (χ3v) is 2.55. The van der Waals surface area contributed by atoms with Crippen LogP contribution in [0.2, 0.25) is 0 Å². The summed E-state index contributed by atoms with van der Waals surface area (Å²) in [6, 6.07) is 7.17. The molecular weight excluding hydrogens is 216 g/mol. The van der Waals surface area contributed by atoms with Gasteiger partial charge in [-0.3, -0.25) is 0 Å². The zero-order valence-corrected chi connectivity index (χ0v) is 8.98. The van der Waals surface area contributed by atoms with E-state index in [9.17, 15) is 5.11 Å². The van der Waals surface area contributed by atoms with Gasteiger partial charge in [0, 0.05) is 6.42 Å². The number of aromatic hydroxyl groups is 1. The van der Waals surface area contributed by atoms with Crippen molar-refractivity contribution in [3.05, 3.63) is 54.2 Å². The van der Waals surface area contributed by atoms with Gasteiger partial charge in [-0.25, -0.2) is 14.5 Å². The van der Waals surface area contributed by atoms with Crippen molar-refractivity contribution in [1.82, 2.24) is 19.6 Å². The Labute approximate surface area is 97.4 Å². The van der Waals surface area contributed by atoms with Crippen LogP contribution in [0, 0.1) is 0 Å². The van der Waals surface area contributed by atoms with Gasteiger partial charge in [-0.2, -0.15) is 5.10 Å². The van der Waals surface area contributed by atoms with Crippen LogP contribution in [0.1, 0.15) is 11.3 Å². The summed E-state index contributed by atoms with van der Waals surface area (Å²) >= 11 is 0. The average Bonchev–Trinajstić information content (AvgIpc) is 2.73. The lowest BCUT2D eigenvalue weighted by Crippen LogP contribution is -1.98. The molecule has 0 spiro atoms. The standard InChI is InChI=1S/C12H10N4O/c17-11-3-1-2-9(5-11)4-10-6-14-12-7-13-8-15-16(10)12/h1-3,5-8,17H,4H2. The number of hydrogen-bond donors (Lipinski definition) is 1. The Hall–Kier alpha value is -2.43. The Morgan fingerprint density at radius 1 is 1.24 bits per heavy atom. The van der Waals surface area contributed by atoms with E-state index in [0.29, 0.717) is 6.42 Å². The highest BCUT2D eigenvalue weighted by molar-refractivity contribution is 5.37. The van der Waals surface area contributed by atoms with Gasteiger partial charge in [-0.05, 0) is 17.7 Å². The van der Waals surface area contributed by atoms with E-state index in [2.05, 4.69) is 15.1 Å². The Bertz CT molecular complexity index is 662. The third kappa shape index (κ3) is 1.82. The van der Waals surface area contributed by atoms with Crippen LogP contribution >= 0.6 is 0 Å². The van der Waals surface area contributed by atoms with E-state index in [1.807, 2.05) is 12.1 Å². The highest BCUT2D eigenvalue weighted by Gasteiger charge is 2.05. The number of phenolic OH excluding ortho intramolecular Hbond substituents is 1. The molecule has 2 heterocycles. The lowest BCUT2D eigenvalue weighted by molar-refractivity contribution is 0.474. The van der Waals surface area contributed by atoms with Crippen molar-refractivity contribution in [3.63, 3.8) is 0 Å². The molecule has 0 bridgehead atoms. The van der Waals surface area contributed by atoms with Gasteiger partial charge in [0.25, 0.3) is 0 Å². The summed E-state index contributed by atoms with van der Waals surface area (Å²) < 4.78 is 1.75. The molecular formula is C12H10N4O. The number of phenols is 1. The zero-order chi connectivity index (χ0) is 11.7. The maximum absolute atomic E-state index is 9.41. The summed E-state index contributed by atoms with van der Waals surface area (Å²) in [4.78, 5) is 8.13. The van der Waals surface area contributed by atoms with Crippen molar-refractivity contribution in [2.24, 2.45) is 0 Å². The van der Waals surface area contributed by atoms with Gasteiger partial charge in [0.1, 0.15) is 12.1 Å². The highest BCUT2D eigenvalue weighted by Crippen LogP contribution is 2.15. The van der Waals surface area contributed by atoms with Crippen LogP contribution in [0.25, 0.3) is 5.65 Å². The first kappa shape index (κ1) is 9.77. The van der Waals surface area contributed by atoms with E-state index >= 15 is 0 Å². The Morgan fingerprint density at radius 3 is 3.06 bits per heavy atom. The van der Waals surface area contributed by atoms with Gasteiger partial charge in [-0.1, -0.05) is 12.1 Å². The maximum Gasteiger partial charge on any atom is 0.172 e. The van der Waals surface area contributed by atoms with Crippen LogP contribution in [0.3, 0.4) is 0 Å². The lowest BCUT2D eigenvalue weighted by Gasteiger charge is -2.01. The number of nitrogens with zero attached hydrogens (tertiary/aromatic N) is 4. The quantitative estimate of drug-likeness (QED) is 0.717. The first-order chi connectivity index (χ1) is 8.33. The van der Waals surface area contributed by atoms with Crippen molar-refractivity contribution >= 4 is 5.65 Å². The van der Waals surface area contributed by atoms with Gasteiger partial charge in [-0.15, -0.1) is 0 Å². The number of hydrogen-bond acceptors (Lipinski definition) is 4. The second-order valence-corrected chi connectivity index (χ2v) is 3.78. The second-order valence-electron chi connectivity index (χ2n) is 3.78. The first-order valence-corrected chi connectivity index (χ1v) is 5.23. The Morgan fingerprint density at radius 2 is 2.18 bits per heavy atom. The molecule has 0 aliphatic rings. The fourth-order valence-electron chi connectivity index (χ4n) is 1.80. The van der Waals surface area contributed by atoms with Crippen molar-refractivity contribution < 1.29 is 5.11 Å². The summed E-state index contributed by atoms with van der Waals surface area (Å²) in [7, 11) is 0. The van der Waals surface area contributed by atoms with Gasteiger partial charge in [0.05, 0.1) is 18.1 Å². The third-order valence-electron chi connectivity index (χ3n) is 2.55. The Balaban J connectivity index is 2.00. The number of aromatic nitrogens is 4. The fourth-order valence-corrected chi connectivity index (χ4v) is 1.80. The molecule has 0 saturated heterocycles. The molecule has 84 valence electrons. The van der Waals surface area contributed by atoms with E-state index in [-0.39, 0.29) is 5.75 Å². The molecule has 1 N–H and O–H groups in total. The molecule has 0 atom stereocenters. The van der Waals surface area contributed by atoms with Crippen LogP contribution in [0.4, 0.5) is 0 Å². The zero-order valence-electron chi connectivity index (χ0n) is 8.98. The maximum atomic E-state index is 9.41. The molecule has 0 aliphatic carbocycles. The number of benzene rings is 1. The van der Waals surface area contributed by atoms with E-state index in [4.69, 9.17) is 0 Å². The summed E-state index contributed by atoms with van der Waals surface area (Å²) in [6.45, 7) is 0. The minimum atomic E-state index is 0.269. The second kappa shape index (κ2) is 3.86. The summed E-state index contributed by atoms with van der Waals surface area (Å²) in [5.74, 6) is 0.269. The number of fused-ring (bicyclic) bond motifs is 1. The van der Waals surface area contributed by atoms with E-state index in [0.717, 1.165) is 16.9 Å². The summed E-state index contributed by atoms with van der Waals surface area (Å²) in [5, 5.41) is 13.5. The fraction of sp³-hybridized carbons (Fsp3) is 0.0833. The normalized spacial score (nSPS) is 10.8. The topological polar surface area (TPSA) is 63.3 Å². The molecule has 3 aromatic rings. The smallest absolute Gasteiger partial charge is 0.172 e. The predicted molar refractivity (Wildman–Crippen MR) is 61.7 cm³/mol. The molecule has 17 heavy (non-hydrogen) atoms. The van der Waals surface area contributed by atoms with Crippen LogP contribution in [0.5, 0.6) is 5.75 Å². The van der Waals surface area contributed by atoms with Crippen molar-refractivity contribution in [1.29, 1.82) is 0 Å². The van der Waals surface area contributed by atoms with Crippen LogP contribution < -0.4 is 0 Å². The van der Waals surface area contributed by atoms with Crippen LogP contribution in [-0.4, -0.2) is 24.7 Å². The molecule has 0 fully saturated rings. The highest BCUT2D eigenvalue weighted by atomic mass is 16.3. The van der Waals surface area contributed by atoms with Crippen molar-refractivity contribution in [2.45, 2.75) is 6.42 Å². The summed E-state index contributed by atoms with van der Waals surface area (Å²) in [6.07, 6.45) is 5.60. The Kier molecular flexibility index (Phi) is 2.22. The molecule has 5 nitrogen and oxygen atoms in total. The molecule has 0 amide bonds. The van der Waals surface area contributed by atoms with Gasteiger partial charge < -0.3 is 5.11 Å². The first-order valence-electron chi connectivity index (χ1n) is 5.23. The predicted octanol–water partition coefficient (Wildman–Crippen LogP) is 1.42. The van der Waals surface area contributed by atoms with Crippen molar-refractivity contribution in [2.75, 3.05) is 0 Å². The molecule has 1 aromatic carbocycles. The minimum Gasteiger partial charge on any atom is -0.508 e. The monoisotopic (exact) mass is 226 g/mol. The van der Waals surface area contributed by atoms with Gasteiger partial charge in [0.2, 0.25) is 0 Å². The average molecular weight is 226 g/mol. The van der Waals surface area contributed by atoms with Crippen molar-refractivity contribution in [3.8, 4) is 5.75 Å². The molecule has 0 aliphatic heterocycles. The van der Waals surface area contributed by atoms with Gasteiger partial charge in [0.15, 0.2) is 5.65 Å². The SMILES string of the molecule is Oc1cccc(Cc2cnc3cncnn23)c1. The van der Waals surface area contributed by atoms with Crippen LogP contribution in [0.15, 0.2) is 43.0 Å². The van der Waals surface area contributed by atoms with E-state index in [1.54, 1.807) is 29.0 Å². The summed E-state index contributed by atoms with van der Waals surface area (Å²) in [5.41, 5.74) is 2.71. The van der Waals surface area contributed by atoms with Crippen LogP contribution in [-0.2, 0) is 6.42 Å². The van der Waals surface area contributed by atoms with E-state index < -0.39 is 0 Å². The van der Waals surface area contributed by atoms with E-state index in [1.165, 1.54) is 6.33 Å². The van der Waals surface area contributed by atoms with Gasteiger partial charge >= 0.3 is 0 Å². The molecule has 0 saturated carbocycles. The molecule has 5 heteroatoms. The molecule has 0 unspecified atom stereocenters. The molecule has 0 radical (unpaired) electrons. The minimum absolute atomic E-state index is 0.269. The number of rotatable bonds is 2. The molecule has 2 aromatic heterocycles. The molecule has 3 rings (SSSR count).